The number of ether oxygens (including phenoxy) is 1. The van der Waals surface area contributed by atoms with Crippen LogP contribution in [0, 0.1) is 0 Å². The highest BCUT2D eigenvalue weighted by Gasteiger charge is 2.27. The maximum absolute atomic E-state index is 5.20. The molecular formula is C17H28N2O. The lowest BCUT2D eigenvalue weighted by Crippen LogP contribution is -2.52. The Labute approximate surface area is 123 Å². The number of methoxy groups -OCH3 is 1. The minimum atomic E-state index is 0.465. The lowest BCUT2D eigenvalue weighted by atomic mass is 9.99. The molecule has 2 unspecified atom stereocenters. The Hall–Kier alpha value is -0.900. The second-order valence-corrected chi connectivity index (χ2v) is 5.66. The summed E-state index contributed by atoms with van der Waals surface area (Å²) in [4.78, 5) is 2.65. The average molecular weight is 276 g/mol. The lowest BCUT2D eigenvalue weighted by molar-refractivity contribution is 0.104. The molecule has 1 saturated heterocycles. The minimum Gasteiger partial charge on any atom is -0.385 e. The molecule has 0 bridgehead atoms. The van der Waals surface area contributed by atoms with Crippen LogP contribution in [-0.4, -0.2) is 44.3 Å². The number of nitrogens with one attached hydrogen (secondary N) is 1. The van der Waals surface area contributed by atoms with Crippen molar-refractivity contribution < 1.29 is 4.74 Å². The van der Waals surface area contributed by atoms with Gasteiger partial charge in [-0.2, -0.15) is 0 Å². The predicted octanol–water partition coefficient (Wildman–Crippen LogP) is 2.84. The van der Waals surface area contributed by atoms with Gasteiger partial charge in [0.05, 0.1) is 0 Å². The van der Waals surface area contributed by atoms with E-state index in [0.717, 1.165) is 32.7 Å². The van der Waals surface area contributed by atoms with Gasteiger partial charge in [0.25, 0.3) is 0 Å². The topological polar surface area (TPSA) is 24.5 Å². The Morgan fingerprint density at radius 3 is 2.80 bits per heavy atom. The molecule has 0 radical (unpaired) electrons. The predicted molar refractivity (Wildman–Crippen MR) is 83.9 cm³/mol. The zero-order chi connectivity index (χ0) is 14.2. The van der Waals surface area contributed by atoms with Gasteiger partial charge in [-0.05, 0) is 18.4 Å². The molecule has 1 aromatic carbocycles. The van der Waals surface area contributed by atoms with Gasteiger partial charge in [0, 0.05) is 45.4 Å². The van der Waals surface area contributed by atoms with Crippen LogP contribution in [-0.2, 0) is 4.74 Å². The summed E-state index contributed by atoms with van der Waals surface area (Å²) in [5, 5.41) is 3.72. The van der Waals surface area contributed by atoms with Crippen LogP contribution >= 0.6 is 0 Å². The highest BCUT2D eigenvalue weighted by Crippen LogP contribution is 2.22. The number of hydrogen-bond acceptors (Lipinski definition) is 3. The molecule has 3 nitrogen and oxygen atoms in total. The van der Waals surface area contributed by atoms with Crippen LogP contribution in [0.25, 0.3) is 0 Å². The van der Waals surface area contributed by atoms with Crippen LogP contribution in [0.1, 0.15) is 37.8 Å². The first-order valence-electron chi connectivity index (χ1n) is 7.86. The molecule has 1 aliphatic rings. The van der Waals surface area contributed by atoms with E-state index in [-0.39, 0.29) is 0 Å². The second kappa shape index (κ2) is 8.40. The lowest BCUT2D eigenvalue weighted by Gasteiger charge is -2.40. The zero-order valence-corrected chi connectivity index (χ0v) is 12.8. The van der Waals surface area contributed by atoms with E-state index in [9.17, 15) is 0 Å². The average Bonchev–Trinajstić information content (AvgIpc) is 2.50. The van der Waals surface area contributed by atoms with Crippen molar-refractivity contribution in [2.75, 3.05) is 33.4 Å². The molecule has 3 heteroatoms. The maximum Gasteiger partial charge on any atom is 0.0474 e. The van der Waals surface area contributed by atoms with Crippen molar-refractivity contribution in [1.82, 2.24) is 10.2 Å². The Bertz CT molecular complexity index is 369. The van der Waals surface area contributed by atoms with E-state index in [1.807, 2.05) is 0 Å². The molecule has 1 aromatic rings. The van der Waals surface area contributed by atoms with Crippen molar-refractivity contribution in [3.63, 3.8) is 0 Å². The highest BCUT2D eigenvalue weighted by molar-refractivity contribution is 5.20. The summed E-state index contributed by atoms with van der Waals surface area (Å²) in [5.41, 5.74) is 1.40. The van der Waals surface area contributed by atoms with E-state index in [2.05, 4.69) is 47.5 Å². The molecule has 1 N–H and O–H groups in total. The molecule has 2 rings (SSSR count). The monoisotopic (exact) mass is 276 g/mol. The van der Waals surface area contributed by atoms with Crippen molar-refractivity contribution in [3.05, 3.63) is 35.9 Å². The molecule has 0 spiro atoms. The first kappa shape index (κ1) is 15.5. The molecule has 0 aromatic heterocycles. The molecule has 1 fully saturated rings. The Morgan fingerprint density at radius 2 is 2.10 bits per heavy atom. The first-order chi connectivity index (χ1) is 9.85. The van der Waals surface area contributed by atoms with E-state index in [0.29, 0.717) is 12.1 Å². The van der Waals surface area contributed by atoms with Crippen LogP contribution < -0.4 is 5.32 Å². The van der Waals surface area contributed by atoms with E-state index < -0.39 is 0 Å². The standard InChI is InChI=1S/C17H28N2O/c1-3-8-16-13-18-17(15-9-5-4-6-10-15)14-19(16)11-7-12-20-2/h4-6,9-10,16-18H,3,7-8,11-14H2,1-2H3. The molecule has 2 atom stereocenters. The molecule has 20 heavy (non-hydrogen) atoms. The van der Waals surface area contributed by atoms with Crippen molar-refractivity contribution in [2.45, 2.75) is 38.3 Å². The van der Waals surface area contributed by atoms with Gasteiger partial charge in [-0.1, -0.05) is 43.7 Å². The smallest absolute Gasteiger partial charge is 0.0474 e. The zero-order valence-electron chi connectivity index (χ0n) is 12.8. The van der Waals surface area contributed by atoms with Crippen LogP contribution in [0.3, 0.4) is 0 Å². The number of piperazine rings is 1. The fraction of sp³-hybridized carbons (Fsp3) is 0.647. The number of benzene rings is 1. The number of rotatable bonds is 7. The van der Waals surface area contributed by atoms with Gasteiger partial charge in [-0.15, -0.1) is 0 Å². The van der Waals surface area contributed by atoms with Crippen LogP contribution in [0.15, 0.2) is 30.3 Å². The summed E-state index contributed by atoms with van der Waals surface area (Å²) in [6.07, 6.45) is 3.66. The summed E-state index contributed by atoms with van der Waals surface area (Å²) >= 11 is 0. The van der Waals surface area contributed by atoms with E-state index >= 15 is 0 Å². The van der Waals surface area contributed by atoms with Crippen molar-refractivity contribution in [3.8, 4) is 0 Å². The van der Waals surface area contributed by atoms with E-state index in [1.54, 1.807) is 7.11 Å². The number of hydrogen-bond donors (Lipinski definition) is 1. The third-order valence-corrected chi connectivity index (χ3v) is 4.15. The van der Waals surface area contributed by atoms with Crippen LogP contribution in [0.5, 0.6) is 0 Å². The maximum atomic E-state index is 5.20. The van der Waals surface area contributed by atoms with Crippen molar-refractivity contribution >= 4 is 0 Å². The quantitative estimate of drug-likeness (QED) is 0.775. The molecule has 0 amide bonds. The van der Waals surface area contributed by atoms with Crippen molar-refractivity contribution in [1.29, 1.82) is 0 Å². The van der Waals surface area contributed by atoms with Gasteiger partial charge >= 0.3 is 0 Å². The summed E-state index contributed by atoms with van der Waals surface area (Å²) in [7, 11) is 1.79. The first-order valence-corrected chi connectivity index (χ1v) is 7.86. The minimum absolute atomic E-state index is 0.465. The van der Waals surface area contributed by atoms with Crippen molar-refractivity contribution in [2.24, 2.45) is 0 Å². The summed E-state index contributed by atoms with van der Waals surface area (Å²) < 4.78 is 5.20. The van der Waals surface area contributed by atoms with Gasteiger partial charge in [-0.25, -0.2) is 0 Å². The molecule has 1 heterocycles. The highest BCUT2D eigenvalue weighted by atomic mass is 16.5. The largest absolute Gasteiger partial charge is 0.385 e. The van der Waals surface area contributed by atoms with Crippen LogP contribution in [0.2, 0.25) is 0 Å². The summed E-state index contributed by atoms with van der Waals surface area (Å²) in [6.45, 7) is 6.48. The third kappa shape index (κ3) is 4.30. The summed E-state index contributed by atoms with van der Waals surface area (Å²) in [6, 6.07) is 11.9. The normalized spacial score (nSPS) is 23.9. The van der Waals surface area contributed by atoms with Gasteiger partial charge in [0.15, 0.2) is 0 Å². The van der Waals surface area contributed by atoms with Crippen LogP contribution in [0.4, 0.5) is 0 Å². The fourth-order valence-corrected chi connectivity index (χ4v) is 3.07. The Morgan fingerprint density at radius 1 is 1.30 bits per heavy atom. The fourth-order valence-electron chi connectivity index (χ4n) is 3.07. The Balaban J connectivity index is 1.95. The van der Waals surface area contributed by atoms with E-state index in [1.165, 1.54) is 18.4 Å². The summed E-state index contributed by atoms with van der Waals surface area (Å²) in [5.74, 6) is 0. The SMILES string of the molecule is CCCC1CNC(c2ccccc2)CN1CCCOC. The molecule has 0 saturated carbocycles. The third-order valence-electron chi connectivity index (χ3n) is 4.15. The molecule has 0 aliphatic carbocycles. The Kier molecular flexibility index (Phi) is 6.51. The molecule has 1 aliphatic heterocycles. The second-order valence-electron chi connectivity index (χ2n) is 5.66. The molecular weight excluding hydrogens is 248 g/mol. The van der Waals surface area contributed by atoms with Gasteiger partial charge in [0.1, 0.15) is 0 Å². The molecule has 112 valence electrons. The van der Waals surface area contributed by atoms with E-state index in [4.69, 9.17) is 4.74 Å². The van der Waals surface area contributed by atoms with Gasteiger partial charge < -0.3 is 10.1 Å². The van der Waals surface area contributed by atoms with Gasteiger partial charge in [0.2, 0.25) is 0 Å². The number of nitrogens with zero attached hydrogens (tertiary/aromatic N) is 1. The van der Waals surface area contributed by atoms with Gasteiger partial charge in [-0.3, -0.25) is 4.90 Å².